The van der Waals surface area contributed by atoms with Crippen LogP contribution in [0.4, 0.5) is 5.69 Å². The Hall–Kier alpha value is -3.53. The second kappa shape index (κ2) is 6.65. The van der Waals surface area contributed by atoms with Crippen LogP contribution < -0.4 is 11.1 Å². The number of primary amides is 1. The molecule has 4 heterocycles. The Morgan fingerprint density at radius 1 is 1.33 bits per heavy atom. The predicted molar refractivity (Wildman–Crippen MR) is 101 cm³/mol. The maximum atomic E-state index is 12.8. The Morgan fingerprint density at radius 2 is 2.19 bits per heavy atom. The number of nitrogens with zero attached hydrogens (tertiary/aromatic N) is 5. The molecule has 0 aliphatic rings. The summed E-state index contributed by atoms with van der Waals surface area (Å²) in [5, 5.41) is 13.0. The van der Waals surface area contributed by atoms with Gasteiger partial charge in [0.2, 0.25) is 0 Å². The van der Waals surface area contributed by atoms with Crippen molar-refractivity contribution in [3.8, 4) is 10.6 Å². The SMILES string of the molecule is CCn1cc(NC(=O)c2cnn3c(-c4cccs4)ccnc23)c(C(N)=O)n1. The monoisotopic (exact) mass is 381 g/mol. The van der Waals surface area contributed by atoms with E-state index in [1.165, 1.54) is 10.9 Å². The lowest BCUT2D eigenvalue weighted by Gasteiger charge is -2.04. The fraction of sp³-hybridized carbons (Fsp3) is 0.118. The first-order valence-electron chi connectivity index (χ1n) is 8.13. The molecular formula is C17H15N7O2S. The van der Waals surface area contributed by atoms with Crippen LogP contribution in [-0.2, 0) is 6.54 Å². The molecule has 9 nitrogen and oxygen atoms in total. The minimum Gasteiger partial charge on any atom is -0.364 e. The van der Waals surface area contributed by atoms with Gasteiger partial charge < -0.3 is 11.1 Å². The van der Waals surface area contributed by atoms with E-state index < -0.39 is 11.8 Å². The number of anilines is 1. The van der Waals surface area contributed by atoms with Crippen LogP contribution in [0.3, 0.4) is 0 Å². The third-order valence-electron chi connectivity index (χ3n) is 3.99. The van der Waals surface area contributed by atoms with Crippen LogP contribution in [0.15, 0.2) is 42.2 Å². The van der Waals surface area contributed by atoms with Gasteiger partial charge in [-0.2, -0.15) is 10.2 Å². The van der Waals surface area contributed by atoms with Crippen molar-refractivity contribution in [3.05, 3.63) is 53.4 Å². The maximum Gasteiger partial charge on any atom is 0.271 e. The molecule has 0 bridgehead atoms. The molecular weight excluding hydrogens is 366 g/mol. The van der Waals surface area contributed by atoms with Crippen LogP contribution in [0.2, 0.25) is 0 Å². The van der Waals surface area contributed by atoms with Gasteiger partial charge in [-0.3, -0.25) is 14.3 Å². The molecule has 0 atom stereocenters. The summed E-state index contributed by atoms with van der Waals surface area (Å²) in [4.78, 5) is 29.6. The molecule has 27 heavy (non-hydrogen) atoms. The zero-order valence-electron chi connectivity index (χ0n) is 14.3. The zero-order chi connectivity index (χ0) is 19.0. The van der Waals surface area contributed by atoms with Crippen molar-refractivity contribution in [2.24, 2.45) is 5.73 Å². The summed E-state index contributed by atoms with van der Waals surface area (Å²) in [6.07, 6.45) is 4.64. The lowest BCUT2D eigenvalue weighted by atomic mass is 10.2. The van der Waals surface area contributed by atoms with E-state index in [2.05, 4.69) is 20.5 Å². The van der Waals surface area contributed by atoms with Crippen LogP contribution >= 0.6 is 11.3 Å². The number of amides is 2. The second-order valence-electron chi connectivity index (χ2n) is 5.67. The van der Waals surface area contributed by atoms with E-state index in [0.717, 1.165) is 10.6 Å². The topological polar surface area (TPSA) is 120 Å². The fourth-order valence-corrected chi connectivity index (χ4v) is 3.45. The fourth-order valence-electron chi connectivity index (χ4n) is 2.71. The van der Waals surface area contributed by atoms with E-state index in [9.17, 15) is 9.59 Å². The van der Waals surface area contributed by atoms with E-state index in [-0.39, 0.29) is 16.9 Å². The number of thiophene rings is 1. The van der Waals surface area contributed by atoms with Crippen LogP contribution in [0.25, 0.3) is 16.2 Å². The second-order valence-corrected chi connectivity index (χ2v) is 6.61. The average Bonchev–Trinajstić information content (AvgIpc) is 3.40. The third kappa shape index (κ3) is 2.95. The standard InChI is InChI=1S/C17H15N7O2S/c1-2-23-9-11(14(22-23)15(18)25)21-17(26)10-8-20-24-12(5-6-19-16(10)24)13-4-3-7-27-13/h3-9H,2H2,1H3,(H2,18,25)(H,21,26). The summed E-state index contributed by atoms with van der Waals surface area (Å²) in [5.41, 5.74) is 7.15. The van der Waals surface area contributed by atoms with E-state index in [0.29, 0.717) is 12.2 Å². The van der Waals surface area contributed by atoms with Crippen LogP contribution in [0.1, 0.15) is 27.8 Å². The first kappa shape index (κ1) is 16.9. The highest BCUT2D eigenvalue weighted by molar-refractivity contribution is 7.13. The molecule has 0 aliphatic heterocycles. The molecule has 136 valence electrons. The molecule has 2 amide bonds. The summed E-state index contributed by atoms with van der Waals surface area (Å²) in [6, 6.07) is 5.75. The molecule has 3 N–H and O–H groups in total. The average molecular weight is 381 g/mol. The number of rotatable bonds is 5. The van der Waals surface area contributed by atoms with E-state index in [1.54, 1.807) is 28.2 Å². The quantitative estimate of drug-likeness (QED) is 0.548. The first-order valence-corrected chi connectivity index (χ1v) is 9.01. The highest BCUT2D eigenvalue weighted by Crippen LogP contribution is 2.25. The number of nitrogens with two attached hydrogens (primary N) is 1. The molecule has 0 fully saturated rings. The van der Waals surface area contributed by atoms with Gasteiger partial charge in [-0.1, -0.05) is 6.07 Å². The van der Waals surface area contributed by atoms with Crippen LogP contribution in [-0.4, -0.2) is 36.2 Å². The normalized spacial score (nSPS) is 11.0. The summed E-state index contributed by atoms with van der Waals surface area (Å²) in [5.74, 6) is -1.16. The van der Waals surface area contributed by atoms with Gasteiger partial charge >= 0.3 is 0 Å². The predicted octanol–water partition coefficient (Wildman–Crippen LogP) is 2.03. The van der Waals surface area contributed by atoms with Crippen molar-refractivity contribution in [1.29, 1.82) is 0 Å². The molecule has 0 unspecified atom stereocenters. The highest BCUT2D eigenvalue weighted by atomic mass is 32.1. The minimum absolute atomic E-state index is 0.00825. The number of hydrogen-bond acceptors (Lipinski definition) is 6. The van der Waals surface area contributed by atoms with Gasteiger partial charge in [0.15, 0.2) is 11.3 Å². The number of carbonyl (C=O) groups excluding carboxylic acids is 2. The Morgan fingerprint density at radius 3 is 2.89 bits per heavy atom. The lowest BCUT2D eigenvalue weighted by molar-refractivity contribution is 0.0995. The Balaban J connectivity index is 1.71. The van der Waals surface area contributed by atoms with Crippen molar-refractivity contribution in [1.82, 2.24) is 24.4 Å². The van der Waals surface area contributed by atoms with Crippen molar-refractivity contribution in [2.45, 2.75) is 13.5 Å². The van der Waals surface area contributed by atoms with Crippen molar-refractivity contribution < 1.29 is 9.59 Å². The molecule has 4 aromatic heterocycles. The molecule has 4 aromatic rings. The Labute approximate surface area is 157 Å². The summed E-state index contributed by atoms with van der Waals surface area (Å²) in [6.45, 7) is 2.41. The summed E-state index contributed by atoms with van der Waals surface area (Å²) >= 11 is 1.57. The van der Waals surface area contributed by atoms with E-state index in [4.69, 9.17) is 5.73 Å². The highest BCUT2D eigenvalue weighted by Gasteiger charge is 2.20. The first-order chi connectivity index (χ1) is 13.1. The third-order valence-corrected chi connectivity index (χ3v) is 4.88. The van der Waals surface area contributed by atoms with Crippen LogP contribution in [0.5, 0.6) is 0 Å². The smallest absolute Gasteiger partial charge is 0.271 e. The number of fused-ring (bicyclic) bond motifs is 1. The van der Waals surface area contributed by atoms with Crippen molar-refractivity contribution in [3.63, 3.8) is 0 Å². The molecule has 0 aromatic carbocycles. The molecule has 10 heteroatoms. The minimum atomic E-state index is -0.713. The van der Waals surface area contributed by atoms with Crippen LogP contribution in [0, 0.1) is 0 Å². The molecule has 0 spiro atoms. The van der Waals surface area contributed by atoms with Gasteiger partial charge in [0.05, 0.1) is 22.5 Å². The van der Waals surface area contributed by atoms with Gasteiger partial charge in [0, 0.05) is 18.9 Å². The number of aromatic nitrogens is 5. The molecule has 0 saturated carbocycles. The van der Waals surface area contributed by atoms with Gasteiger partial charge in [0.25, 0.3) is 11.8 Å². The van der Waals surface area contributed by atoms with Crippen molar-refractivity contribution >= 4 is 34.5 Å². The number of aryl methyl sites for hydroxylation is 1. The largest absolute Gasteiger partial charge is 0.364 e. The van der Waals surface area contributed by atoms with Gasteiger partial charge in [-0.05, 0) is 24.4 Å². The van der Waals surface area contributed by atoms with E-state index >= 15 is 0 Å². The molecule has 0 radical (unpaired) electrons. The Bertz CT molecular complexity index is 1140. The summed E-state index contributed by atoms with van der Waals surface area (Å²) < 4.78 is 3.14. The zero-order valence-corrected chi connectivity index (χ0v) is 15.1. The van der Waals surface area contributed by atoms with Gasteiger partial charge in [0.1, 0.15) is 5.56 Å². The Kier molecular flexibility index (Phi) is 4.16. The summed E-state index contributed by atoms with van der Waals surface area (Å²) in [7, 11) is 0. The lowest BCUT2D eigenvalue weighted by Crippen LogP contribution is -2.18. The number of hydrogen-bond donors (Lipinski definition) is 2. The van der Waals surface area contributed by atoms with Gasteiger partial charge in [-0.15, -0.1) is 11.3 Å². The van der Waals surface area contributed by atoms with Gasteiger partial charge in [-0.25, -0.2) is 9.50 Å². The van der Waals surface area contributed by atoms with E-state index in [1.807, 2.05) is 30.5 Å². The number of carbonyl (C=O) groups is 2. The molecule has 4 rings (SSSR count). The molecule has 0 aliphatic carbocycles. The van der Waals surface area contributed by atoms with Crippen molar-refractivity contribution in [2.75, 3.05) is 5.32 Å². The maximum absolute atomic E-state index is 12.8. The number of nitrogens with one attached hydrogen (secondary N) is 1. The molecule has 0 saturated heterocycles.